The summed E-state index contributed by atoms with van der Waals surface area (Å²) in [6.45, 7) is 5.90. The fourth-order valence-corrected chi connectivity index (χ4v) is 5.51. The minimum absolute atomic E-state index is 0.00792. The van der Waals surface area contributed by atoms with Gasteiger partial charge in [0.25, 0.3) is 5.91 Å². The van der Waals surface area contributed by atoms with Gasteiger partial charge in [0.1, 0.15) is 16.6 Å². The van der Waals surface area contributed by atoms with Crippen LogP contribution in [-0.4, -0.2) is 53.4 Å². The lowest BCUT2D eigenvalue weighted by atomic mass is 10.1. The molecule has 2 heterocycles. The average molecular weight is 396 g/mol. The number of ether oxygens (including phenoxy) is 1. The molecule has 0 spiro atoms. The van der Waals surface area contributed by atoms with Crippen molar-refractivity contribution in [1.29, 1.82) is 0 Å². The van der Waals surface area contributed by atoms with Gasteiger partial charge in [-0.2, -0.15) is 11.8 Å². The number of benzene rings is 1. The van der Waals surface area contributed by atoms with Gasteiger partial charge in [-0.05, 0) is 30.7 Å². The predicted molar refractivity (Wildman–Crippen MR) is 110 cm³/mol. The smallest absolute Gasteiger partial charge is 0.266 e. The maximum atomic E-state index is 12.4. The Morgan fingerprint density at radius 2 is 2.12 bits per heavy atom. The van der Waals surface area contributed by atoms with E-state index in [9.17, 15) is 4.79 Å². The van der Waals surface area contributed by atoms with E-state index >= 15 is 0 Å². The van der Waals surface area contributed by atoms with Crippen LogP contribution in [0.15, 0.2) is 23.1 Å². The van der Waals surface area contributed by atoms with Gasteiger partial charge in [-0.25, -0.2) is 0 Å². The predicted octanol–water partition coefficient (Wildman–Crippen LogP) is 2.05. The van der Waals surface area contributed by atoms with E-state index in [0.717, 1.165) is 17.9 Å². The van der Waals surface area contributed by atoms with Gasteiger partial charge in [0.2, 0.25) is 0 Å². The number of thiocarbonyl (C=S) groups is 1. The molecule has 1 N–H and O–H groups in total. The van der Waals surface area contributed by atoms with E-state index in [1.165, 1.54) is 41.9 Å². The highest BCUT2D eigenvalue weighted by Crippen LogP contribution is 2.32. The van der Waals surface area contributed by atoms with Crippen LogP contribution in [0.2, 0.25) is 0 Å². The minimum Gasteiger partial charge on any atom is -0.496 e. The van der Waals surface area contributed by atoms with Crippen LogP contribution in [0.3, 0.4) is 0 Å². The summed E-state index contributed by atoms with van der Waals surface area (Å²) in [6, 6.07) is 6.15. The first kappa shape index (κ1) is 18.8. The molecule has 2 fully saturated rings. The summed E-state index contributed by atoms with van der Waals surface area (Å²) in [5, 5.41) is 0. The van der Waals surface area contributed by atoms with Crippen LogP contribution < -0.4 is 9.64 Å². The van der Waals surface area contributed by atoms with Crippen molar-refractivity contribution >= 4 is 52.0 Å². The lowest BCUT2D eigenvalue weighted by Gasteiger charge is -2.24. The molecule has 134 valence electrons. The van der Waals surface area contributed by atoms with Crippen molar-refractivity contribution in [1.82, 2.24) is 4.90 Å². The van der Waals surface area contributed by atoms with Crippen LogP contribution in [0, 0.1) is 0 Å². The number of hydrogen-bond acceptors (Lipinski definition) is 5. The maximum absolute atomic E-state index is 12.4. The Bertz CT molecular complexity index is 700. The average Bonchev–Trinajstić information content (AvgIpc) is 2.89. The van der Waals surface area contributed by atoms with Crippen LogP contribution in [0.4, 0.5) is 0 Å². The third-order valence-electron chi connectivity index (χ3n) is 4.43. The van der Waals surface area contributed by atoms with E-state index in [1.54, 1.807) is 16.9 Å². The minimum atomic E-state index is 0.00792. The molecular weight excluding hydrogens is 372 g/mol. The van der Waals surface area contributed by atoms with E-state index in [0.29, 0.717) is 15.8 Å². The number of nitrogens with zero attached hydrogens (tertiary/aromatic N) is 1. The van der Waals surface area contributed by atoms with Crippen LogP contribution in [0.5, 0.6) is 5.75 Å². The molecule has 0 radical (unpaired) electrons. The molecule has 2 saturated heterocycles. The largest absolute Gasteiger partial charge is 0.496 e. The maximum Gasteiger partial charge on any atom is 0.266 e. The fourth-order valence-electron chi connectivity index (χ4n) is 3.06. The number of quaternary nitrogens is 1. The van der Waals surface area contributed by atoms with Crippen LogP contribution in [0.25, 0.3) is 6.08 Å². The van der Waals surface area contributed by atoms with Gasteiger partial charge >= 0.3 is 0 Å². The van der Waals surface area contributed by atoms with E-state index in [2.05, 4.69) is 6.07 Å². The fraction of sp³-hybridized carbons (Fsp3) is 0.444. The van der Waals surface area contributed by atoms with E-state index in [-0.39, 0.29) is 5.91 Å². The quantitative estimate of drug-likeness (QED) is 0.610. The molecule has 0 bridgehead atoms. The molecule has 4 nitrogen and oxygen atoms in total. The summed E-state index contributed by atoms with van der Waals surface area (Å²) in [5.41, 5.74) is 2.22. The number of thioether (sulfide) groups is 2. The summed E-state index contributed by atoms with van der Waals surface area (Å²) in [7, 11) is 1.71. The van der Waals surface area contributed by atoms with Gasteiger partial charge in [0.15, 0.2) is 0 Å². The summed E-state index contributed by atoms with van der Waals surface area (Å²) < 4.78 is 6.19. The summed E-state index contributed by atoms with van der Waals surface area (Å²) >= 11 is 8.70. The Morgan fingerprint density at radius 3 is 2.76 bits per heavy atom. The van der Waals surface area contributed by atoms with E-state index < -0.39 is 0 Å². The SMILES string of the molecule is CCN1C(=O)/C(=C\c2ccc(OC)c(C[NH+]3CCSCC3)c2)SC1=S. The monoisotopic (exact) mass is 395 g/mol. The molecule has 1 aromatic rings. The molecule has 0 atom stereocenters. The van der Waals surface area contributed by atoms with Gasteiger partial charge in [-0.15, -0.1) is 0 Å². The lowest BCUT2D eigenvalue weighted by Crippen LogP contribution is -3.12. The second-order valence-electron chi connectivity index (χ2n) is 6.04. The number of methoxy groups -OCH3 is 1. The Balaban J connectivity index is 1.82. The van der Waals surface area contributed by atoms with Crippen LogP contribution in [-0.2, 0) is 11.3 Å². The summed E-state index contributed by atoms with van der Waals surface area (Å²) in [6.07, 6.45) is 1.94. The molecular formula is C18H23N2O2S3+. The molecule has 0 saturated carbocycles. The highest BCUT2D eigenvalue weighted by atomic mass is 32.2. The molecule has 2 aliphatic rings. The standard InChI is InChI=1S/C18H22N2O2S3/c1-3-20-17(21)16(25-18(20)23)11-13-4-5-15(22-2)14(10-13)12-19-6-8-24-9-7-19/h4-5,10-11H,3,6-9,12H2,1-2H3/p+1/b16-11+. The molecule has 2 aliphatic heterocycles. The topological polar surface area (TPSA) is 34.0 Å². The Morgan fingerprint density at radius 1 is 1.36 bits per heavy atom. The summed E-state index contributed by atoms with van der Waals surface area (Å²) in [4.78, 5) is 16.3. The van der Waals surface area contributed by atoms with Crippen LogP contribution >= 0.6 is 35.7 Å². The second kappa shape index (κ2) is 8.58. The van der Waals surface area contributed by atoms with Gasteiger partial charge in [-0.1, -0.05) is 30.0 Å². The van der Waals surface area contributed by atoms with Crippen molar-refractivity contribution in [3.05, 3.63) is 34.2 Å². The van der Waals surface area contributed by atoms with Crippen molar-refractivity contribution in [2.45, 2.75) is 13.5 Å². The number of likely N-dealkylation sites (N-methyl/N-ethyl adjacent to an activating group) is 1. The molecule has 0 aromatic heterocycles. The molecule has 0 unspecified atom stereocenters. The number of hydrogen-bond donors (Lipinski definition) is 1. The van der Waals surface area contributed by atoms with Crippen molar-refractivity contribution in [2.24, 2.45) is 0 Å². The zero-order valence-corrected chi connectivity index (χ0v) is 17.0. The van der Waals surface area contributed by atoms with Crippen molar-refractivity contribution in [3.8, 4) is 5.75 Å². The first-order valence-corrected chi connectivity index (χ1v) is 10.8. The summed E-state index contributed by atoms with van der Waals surface area (Å²) in [5.74, 6) is 3.37. The highest BCUT2D eigenvalue weighted by Gasteiger charge is 2.30. The molecule has 1 aromatic carbocycles. The zero-order chi connectivity index (χ0) is 17.8. The highest BCUT2D eigenvalue weighted by molar-refractivity contribution is 8.26. The van der Waals surface area contributed by atoms with Crippen molar-refractivity contribution in [3.63, 3.8) is 0 Å². The lowest BCUT2D eigenvalue weighted by molar-refractivity contribution is -0.910. The number of carbonyl (C=O) groups excluding carboxylic acids is 1. The van der Waals surface area contributed by atoms with Gasteiger partial charge in [-0.3, -0.25) is 9.69 Å². The number of nitrogens with one attached hydrogen (secondary N) is 1. The van der Waals surface area contributed by atoms with Gasteiger partial charge in [0.05, 0.1) is 25.1 Å². The molecule has 3 rings (SSSR count). The van der Waals surface area contributed by atoms with Crippen LogP contribution in [0.1, 0.15) is 18.1 Å². The Kier molecular flexibility index (Phi) is 6.44. The molecule has 1 amide bonds. The number of rotatable bonds is 5. The van der Waals surface area contributed by atoms with Crippen molar-refractivity contribution < 1.29 is 14.4 Å². The van der Waals surface area contributed by atoms with Gasteiger partial charge in [0, 0.05) is 23.6 Å². The first-order valence-electron chi connectivity index (χ1n) is 8.46. The zero-order valence-electron chi connectivity index (χ0n) is 14.5. The number of carbonyl (C=O) groups is 1. The van der Waals surface area contributed by atoms with Crippen molar-refractivity contribution in [2.75, 3.05) is 38.2 Å². The molecule has 7 heteroatoms. The van der Waals surface area contributed by atoms with Gasteiger partial charge < -0.3 is 9.64 Å². The molecule has 25 heavy (non-hydrogen) atoms. The third-order valence-corrected chi connectivity index (χ3v) is 6.80. The number of amides is 1. The first-order chi connectivity index (χ1) is 12.1. The van der Waals surface area contributed by atoms with E-state index in [1.807, 2.05) is 36.9 Å². The third kappa shape index (κ3) is 4.39. The van der Waals surface area contributed by atoms with E-state index in [4.69, 9.17) is 17.0 Å². The Labute approximate surface area is 163 Å². The second-order valence-corrected chi connectivity index (χ2v) is 8.94. The normalized spacial score (nSPS) is 20.6. The molecule has 0 aliphatic carbocycles. The Hall–Kier alpha value is -1.02.